The number of hydrogen-bond acceptors (Lipinski definition) is 6. The molecule has 6 nitrogen and oxygen atoms in total. The topological polar surface area (TPSA) is 63.2 Å². The van der Waals surface area contributed by atoms with Gasteiger partial charge in [0, 0.05) is 5.88 Å². The zero-order chi connectivity index (χ0) is 37.9. The maximum absolute atomic E-state index is 12.4. The quantitative estimate of drug-likeness (QED) is 0.0559. The van der Waals surface area contributed by atoms with Crippen molar-refractivity contribution in [3.05, 3.63) is 156 Å². The Bertz CT molecular complexity index is 2080. The Labute approximate surface area is 323 Å². The van der Waals surface area contributed by atoms with Crippen LogP contribution >= 0.6 is 11.6 Å². The van der Waals surface area contributed by atoms with Crippen molar-refractivity contribution in [2.45, 2.75) is 40.2 Å². The van der Waals surface area contributed by atoms with Gasteiger partial charge in [0.2, 0.25) is 6.79 Å². The van der Waals surface area contributed by atoms with Crippen LogP contribution in [0.25, 0.3) is 33.4 Å². The second-order valence-corrected chi connectivity index (χ2v) is 13.6. The zero-order valence-corrected chi connectivity index (χ0v) is 31.9. The van der Waals surface area contributed by atoms with Gasteiger partial charge in [0.05, 0.1) is 6.42 Å². The van der Waals surface area contributed by atoms with Crippen molar-refractivity contribution in [3.8, 4) is 56.4 Å². The van der Waals surface area contributed by atoms with Crippen LogP contribution in [0.1, 0.15) is 28.7 Å². The number of carbonyl (C=O) groups excluding carboxylic acids is 1. The van der Waals surface area contributed by atoms with E-state index in [1.54, 1.807) is 0 Å². The summed E-state index contributed by atoms with van der Waals surface area (Å²) in [6.45, 7) is 8.49. The molecule has 1 unspecified atom stereocenters. The molecule has 0 aromatic heterocycles. The Balaban J connectivity index is 1.07. The lowest BCUT2D eigenvalue weighted by molar-refractivity contribution is -0.151. The molecule has 0 aliphatic rings. The largest absolute Gasteiger partial charge is 0.490 e. The summed E-state index contributed by atoms with van der Waals surface area (Å²) in [4.78, 5) is 12.4. The normalized spacial score (nSPS) is 11.4. The molecule has 1 atom stereocenters. The lowest BCUT2D eigenvalue weighted by Gasteiger charge is -2.21. The second kappa shape index (κ2) is 18.4. The molecule has 0 spiro atoms. The summed E-state index contributed by atoms with van der Waals surface area (Å²) < 4.78 is 30.1. The maximum atomic E-state index is 12.4. The SMILES string of the molecule is Cc1cc(-c2cc(C)c(OCC(COc3ccc(-c4ccccc4)cc3)OC(=O)CCCl)c(C)c2)cc(C)c1OCOc1ccc(-c2ccccc2)cc1. The van der Waals surface area contributed by atoms with Gasteiger partial charge in [0.15, 0.2) is 6.10 Å². The van der Waals surface area contributed by atoms with Crippen LogP contribution in [0.4, 0.5) is 0 Å². The van der Waals surface area contributed by atoms with Crippen molar-refractivity contribution in [1.29, 1.82) is 0 Å². The van der Waals surface area contributed by atoms with E-state index in [0.717, 1.165) is 72.9 Å². The van der Waals surface area contributed by atoms with Crippen LogP contribution < -0.4 is 18.9 Å². The molecule has 0 saturated carbocycles. The van der Waals surface area contributed by atoms with Crippen molar-refractivity contribution in [1.82, 2.24) is 0 Å². The average molecular weight is 741 g/mol. The standard InChI is InChI=1S/C47H45ClO6/c1-32-25-40(41-27-34(3)47(35(4)28-41)53-31-52-43-21-17-39(18-22-43)37-13-9-6-10-14-37)26-33(2)46(32)51-30-44(54-45(49)23-24-48)29-50-42-19-15-38(16-20-42)36-11-7-5-8-12-36/h5-22,25-28,44H,23-24,29-31H2,1-4H3. The summed E-state index contributed by atoms with van der Waals surface area (Å²) in [6.07, 6.45) is -0.529. The minimum absolute atomic E-state index is 0.101. The van der Waals surface area contributed by atoms with E-state index in [1.165, 1.54) is 0 Å². The van der Waals surface area contributed by atoms with E-state index in [1.807, 2.05) is 113 Å². The van der Waals surface area contributed by atoms with Crippen molar-refractivity contribution in [2.24, 2.45) is 0 Å². The molecule has 0 fully saturated rings. The molecule has 276 valence electrons. The lowest BCUT2D eigenvalue weighted by Crippen LogP contribution is -2.31. The molecule has 0 radical (unpaired) electrons. The van der Waals surface area contributed by atoms with Gasteiger partial charge in [-0.25, -0.2) is 0 Å². The highest BCUT2D eigenvalue weighted by atomic mass is 35.5. The van der Waals surface area contributed by atoms with Gasteiger partial charge in [-0.1, -0.05) is 84.9 Å². The Morgan fingerprint density at radius 2 is 0.907 bits per heavy atom. The summed E-state index contributed by atoms with van der Waals surface area (Å²) in [7, 11) is 0. The first kappa shape index (κ1) is 38.0. The van der Waals surface area contributed by atoms with E-state index < -0.39 is 12.1 Å². The van der Waals surface area contributed by atoms with Crippen molar-refractivity contribution < 1.29 is 28.5 Å². The molecule has 6 rings (SSSR count). The van der Waals surface area contributed by atoms with Gasteiger partial charge >= 0.3 is 5.97 Å². The Kier molecular flexibility index (Phi) is 12.9. The monoisotopic (exact) mass is 740 g/mol. The summed E-state index contributed by atoms with van der Waals surface area (Å²) in [5, 5.41) is 0. The first-order chi connectivity index (χ1) is 26.3. The van der Waals surface area contributed by atoms with Gasteiger partial charge in [-0.2, -0.15) is 0 Å². The summed E-state index contributed by atoms with van der Waals surface area (Å²) >= 11 is 5.82. The molecule has 0 heterocycles. The van der Waals surface area contributed by atoms with E-state index >= 15 is 0 Å². The minimum Gasteiger partial charge on any atom is -0.490 e. The van der Waals surface area contributed by atoms with E-state index in [-0.39, 0.29) is 32.3 Å². The molecule has 0 aliphatic heterocycles. The highest BCUT2D eigenvalue weighted by molar-refractivity contribution is 6.18. The Morgan fingerprint density at radius 1 is 0.500 bits per heavy atom. The van der Waals surface area contributed by atoms with E-state index in [0.29, 0.717) is 5.75 Å². The zero-order valence-electron chi connectivity index (χ0n) is 31.1. The third kappa shape index (κ3) is 10.0. The van der Waals surface area contributed by atoms with E-state index in [2.05, 4.69) is 48.5 Å². The third-order valence-electron chi connectivity index (χ3n) is 9.05. The van der Waals surface area contributed by atoms with Crippen molar-refractivity contribution >= 4 is 17.6 Å². The van der Waals surface area contributed by atoms with Crippen LogP contribution in [0.2, 0.25) is 0 Å². The molecule has 54 heavy (non-hydrogen) atoms. The third-order valence-corrected chi connectivity index (χ3v) is 9.24. The van der Waals surface area contributed by atoms with Crippen LogP contribution in [0.5, 0.6) is 23.0 Å². The predicted octanol–water partition coefficient (Wildman–Crippen LogP) is 11.3. The van der Waals surface area contributed by atoms with Gasteiger partial charge in [0.25, 0.3) is 0 Å². The van der Waals surface area contributed by atoms with Crippen LogP contribution in [-0.2, 0) is 9.53 Å². The average Bonchev–Trinajstić information content (AvgIpc) is 3.18. The number of carbonyl (C=O) groups is 1. The lowest BCUT2D eigenvalue weighted by atomic mass is 9.96. The minimum atomic E-state index is -0.636. The Hall–Kier alpha value is -5.72. The van der Waals surface area contributed by atoms with Gasteiger partial charge in [-0.15, -0.1) is 11.6 Å². The van der Waals surface area contributed by atoms with Crippen LogP contribution in [-0.4, -0.2) is 38.0 Å². The smallest absolute Gasteiger partial charge is 0.307 e. The molecule has 0 saturated heterocycles. The molecular weight excluding hydrogens is 696 g/mol. The number of halogens is 1. The number of alkyl halides is 1. The number of ether oxygens (including phenoxy) is 5. The van der Waals surface area contributed by atoms with E-state index in [4.69, 9.17) is 35.3 Å². The summed E-state index contributed by atoms with van der Waals surface area (Å²) in [6, 6.07) is 44.7. The fourth-order valence-electron chi connectivity index (χ4n) is 6.40. The van der Waals surface area contributed by atoms with Crippen LogP contribution in [0.3, 0.4) is 0 Å². The Morgan fingerprint density at radius 3 is 1.37 bits per heavy atom. The number of benzene rings is 6. The fraction of sp³-hybridized carbons (Fsp3) is 0.213. The molecular formula is C47H45ClO6. The predicted molar refractivity (Wildman–Crippen MR) is 217 cm³/mol. The van der Waals surface area contributed by atoms with Gasteiger partial charge in [-0.05, 0) is 132 Å². The van der Waals surface area contributed by atoms with Gasteiger partial charge < -0.3 is 23.7 Å². The molecule has 0 N–H and O–H groups in total. The first-order valence-corrected chi connectivity index (χ1v) is 18.6. The summed E-state index contributed by atoms with van der Waals surface area (Å²) in [5.74, 6) is 2.75. The van der Waals surface area contributed by atoms with Crippen LogP contribution in [0.15, 0.2) is 133 Å². The molecule has 0 bridgehead atoms. The van der Waals surface area contributed by atoms with Crippen molar-refractivity contribution in [3.63, 3.8) is 0 Å². The number of esters is 1. The molecule has 0 aliphatic carbocycles. The molecule has 6 aromatic carbocycles. The number of aryl methyl sites for hydroxylation is 4. The maximum Gasteiger partial charge on any atom is 0.307 e. The van der Waals surface area contributed by atoms with Crippen LogP contribution in [0, 0.1) is 27.7 Å². The van der Waals surface area contributed by atoms with Gasteiger partial charge in [-0.3, -0.25) is 4.79 Å². The second-order valence-electron chi connectivity index (χ2n) is 13.2. The highest BCUT2D eigenvalue weighted by Crippen LogP contribution is 2.35. The fourth-order valence-corrected chi connectivity index (χ4v) is 6.55. The highest BCUT2D eigenvalue weighted by Gasteiger charge is 2.19. The molecule has 0 amide bonds. The van der Waals surface area contributed by atoms with Gasteiger partial charge in [0.1, 0.15) is 36.2 Å². The van der Waals surface area contributed by atoms with E-state index in [9.17, 15) is 4.79 Å². The molecule has 6 aromatic rings. The number of hydrogen-bond donors (Lipinski definition) is 0. The van der Waals surface area contributed by atoms with Crippen molar-refractivity contribution in [2.75, 3.05) is 25.9 Å². The number of rotatable bonds is 16. The summed E-state index contributed by atoms with van der Waals surface area (Å²) in [5.41, 5.74) is 10.6. The first-order valence-electron chi connectivity index (χ1n) is 18.1. The molecule has 7 heteroatoms.